The van der Waals surface area contributed by atoms with Gasteiger partial charge in [-0.05, 0) is 79.8 Å². The summed E-state index contributed by atoms with van der Waals surface area (Å²) >= 11 is 9.37. The Bertz CT molecular complexity index is 1200. The average Bonchev–Trinajstić information content (AvgIpc) is 3.40. The molecule has 2 aromatic carbocycles. The second kappa shape index (κ2) is 8.29. The minimum atomic E-state index is -0.0703. The first-order valence-electron chi connectivity index (χ1n) is 10.1. The Morgan fingerprint density at radius 1 is 0.903 bits per heavy atom. The number of halogens is 1. The summed E-state index contributed by atoms with van der Waals surface area (Å²) < 4.78 is 3.28. The van der Waals surface area contributed by atoms with Crippen molar-refractivity contribution >= 4 is 38.9 Å². The van der Waals surface area contributed by atoms with Gasteiger partial charge in [-0.3, -0.25) is 4.98 Å². The van der Waals surface area contributed by atoms with Gasteiger partial charge in [0, 0.05) is 33.9 Å². The Kier molecular flexibility index (Phi) is 5.34. The summed E-state index contributed by atoms with van der Waals surface area (Å²) in [6, 6.07) is 27.0. The molecule has 154 valence electrons. The summed E-state index contributed by atoms with van der Waals surface area (Å²) in [5.41, 5.74) is 5.50. The first kappa shape index (κ1) is 20.0. The molecule has 1 aliphatic rings. The fraction of sp³-hybridized carbons (Fsp3) is 0.120. The molecule has 4 aromatic rings. The van der Waals surface area contributed by atoms with Crippen LogP contribution in [0, 0.1) is 6.92 Å². The van der Waals surface area contributed by atoms with E-state index in [9.17, 15) is 0 Å². The summed E-state index contributed by atoms with van der Waals surface area (Å²) in [6.45, 7) is 2.09. The minimum absolute atomic E-state index is 0.0521. The monoisotopic (exact) mass is 488 g/mol. The molecule has 0 amide bonds. The van der Waals surface area contributed by atoms with Crippen molar-refractivity contribution in [3.63, 3.8) is 0 Å². The number of nitrogens with one attached hydrogen (secondary N) is 1. The fourth-order valence-electron chi connectivity index (χ4n) is 4.11. The summed E-state index contributed by atoms with van der Waals surface area (Å²) in [5, 5.41) is 4.24. The van der Waals surface area contributed by atoms with Crippen molar-refractivity contribution in [3.05, 3.63) is 113 Å². The Morgan fingerprint density at radius 2 is 1.65 bits per heavy atom. The summed E-state index contributed by atoms with van der Waals surface area (Å²) in [4.78, 5) is 6.85. The zero-order chi connectivity index (χ0) is 21.4. The van der Waals surface area contributed by atoms with Gasteiger partial charge in [0.05, 0.1) is 11.7 Å². The van der Waals surface area contributed by atoms with E-state index in [1.807, 2.05) is 18.3 Å². The van der Waals surface area contributed by atoms with Gasteiger partial charge < -0.3 is 14.8 Å². The normalized spacial score (nSPS) is 18.3. The zero-order valence-electron chi connectivity index (χ0n) is 16.9. The molecule has 0 aliphatic carbocycles. The topological polar surface area (TPSA) is 33.1 Å². The Labute approximate surface area is 195 Å². The highest BCUT2D eigenvalue weighted by Crippen LogP contribution is 2.42. The van der Waals surface area contributed by atoms with E-state index < -0.39 is 0 Å². The van der Waals surface area contributed by atoms with Gasteiger partial charge in [0.15, 0.2) is 5.11 Å². The lowest BCUT2D eigenvalue weighted by Crippen LogP contribution is -2.30. The predicted molar refractivity (Wildman–Crippen MR) is 133 cm³/mol. The van der Waals surface area contributed by atoms with Gasteiger partial charge in [-0.2, -0.15) is 0 Å². The van der Waals surface area contributed by atoms with E-state index in [2.05, 4.69) is 116 Å². The van der Waals surface area contributed by atoms with Crippen molar-refractivity contribution in [1.82, 2.24) is 14.9 Å². The van der Waals surface area contributed by atoms with E-state index in [1.54, 1.807) is 0 Å². The van der Waals surface area contributed by atoms with Crippen LogP contribution >= 0.6 is 28.1 Å². The van der Waals surface area contributed by atoms with Crippen LogP contribution in [0.4, 0.5) is 5.69 Å². The molecule has 0 unspecified atom stereocenters. The second-order valence-electron chi connectivity index (χ2n) is 7.61. The Balaban J connectivity index is 1.66. The third kappa shape index (κ3) is 3.77. The van der Waals surface area contributed by atoms with Crippen LogP contribution in [0.15, 0.2) is 95.7 Å². The molecule has 5 rings (SSSR count). The van der Waals surface area contributed by atoms with E-state index in [-0.39, 0.29) is 12.1 Å². The number of benzene rings is 2. The van der Waals surface area contributed by atoms with Gasteiger partial charge in [0.25, 0.3) is 0 Å². The second-order valence-corrected chi connectivity index (χ2v) is 8.91. The molecule has 3 heterocycles. The predicted octanol–water partition coefficient (Wildman–Crippen LogP) is 6.12. The molecule has 0 saturated carbocycles. The lowest BCUT2D eigenvalue weighted by Gasteiger charge is -2.29. The molecule has 2 aromatic heterocycles. The molecule has 4 nitrogen and oxygen atoms in total. The summed E-state index contributed by atoms with van der Waals surface area (Å²) in [6.07, 6.45) is 3.93. The Hall–Kier alpha value is -2.96. The van der Waals surface area contributed by atoms with Crippen LogP contribution in [0.5, 0.6) is 0 Å². The maximum Gasteiger partial charge on any atom is 0.174 e. The number of thiocarbonyl (C=S) groups is 1. The smallest absolute Gasteiger partial charge is 0.174 e. The van der Waals surface area contributed by atoms with Gasteiger partial charge in [-0.1, -0.05) is 39.7 Å². The number of nitrogens with zero attached hydrogens (tertiary/aromatic N) is 3. The summed E-state index contributed by atoms with van der Waals surface area (Å²) in [7, 11) is 0. The third-order valence-corrected chi connectivity index (χ3v) is 6.44. The van der Waals surface area contributed by atoms with Crippen LogP contribution in [0.25, 0.3) is 5.69 Å². The molecule has 0 bridgehead atoms. The zero-order valence-corrected chi connectivity index (χ0v) is 19.3. The molecule has 1 aliphatic heterocycles. The van der Waals surface area contributed by atoms with E-state index in [0.717, 1.165) is 27.2 Å². The van der Waals surface area contributed by atoms with Crippen molar-refractivity contribution in [2.45, 2.75) is 19.0 Å². The molecule has 0 spiro atoms. The number of aromatic nitrogens is 2. The van der Waals surface area contributed by atoms with Crippen molar-refractivity contribution in [1.29, 1.82) is 0 Å². The molecule has 1 N–H and O–H groups in total. The van der Waals surface area contributed by atoms with Gasteiger partial charge in [0.2, 0.25) is 0 Å². The van der Waals surface area contributed by atoms with Gasteiger partial charge in [-0.15, -0.1) is 0 Å². The van der Waals surface area contributed by atoms with Crippen LogP contribution < -0.4 is 10.2 Å². The van der Waals surface area contributed by atoms with Crippen molar-refractivity contribution < 1.29 is 0 Å². The summed E-state index contributed by atoms with van der Waals surface area (Å²) in [5.74, 6) is 0. The molecular weight excluding hydrogens is 468 g/mol. The molecular formula is C25H21BrN4S. The first-order valence-corrected chi connectivity index (χ1v) is 11.3. The molecule has 2 atom stereocenters. The lowest BCUT2D eigenvalue weighted by molar-refractivity contribution is 0.549. The standard InChI is InChI=1S/C25H21BrN4S/c1-17-7-11-20(12-8-17)30-24(23(28-25(30)31)21-5-2-3-15-27-21)22-6-4-16-29(22)19-13-9-18(26)10-14-19/h2-16,23-24H,1H3,(H,28,31)/t23-,24+/m1/s1. The first-order chi connectivity index (χ1) is 15.1. The number of hydrogen-bond acceptors (Lipinski definition) is 2. The highest BCUT2D eigenvalue weighted by molar-refractivity contribution is 9.10. The largest absolute Gasteiger partial charge is 0.351 e. The van der Waals surface area contributed by atoms with Crippen LogP contribution in [0.2, 0.25) is 0 Å². The number of hydrogen-bond donors (Lipinski definition) is 1. The highest BCUT2D eigenvalue weighted by atomic mass is 79.9. The van der Waals surface area contributed by atoms with Crippen LogP contribution in [0.3, 0.4) is 0 Å². The number of pyridine rings is 1. The maximum absolute atomic E-state index is 5.83. The third-order valence-electron chi connectivity index (χ3n) is 5.60. The average molecular weight is 489 g/mol. The number of aryl methyl sites for hydroxylation is 1. The number of rotatable bonds is 4. The van der Waals surface area contributed by atoms with E-state index in [1.165, 1.54) is 5.56 Å². The quantitative estimate of drug-likeness (QED) is 0.350. The van der Waals surface area contributed by atoms with E-state index >= 15 is 0 Å². The van der Waals surface area contributed by atoms with Gasteiger partial charge >= 0.3 is 0 Å². The molecule has 1 fully saturated rings. The van der Waals surface area contributed by atoms with Crippen LogP contribution in [0.1, 0.15) is 29.0 Å². The van der Waals surface area contributed by atoms with E-state index in [0.29, 0.717) is 5.11 Å². The maximum atomic E-state index is 5.83. The molecule has 6 heteroatoms. The van der Waals surface area contributed by atoms with Crippen molar-refractivity contribution in [3.8, 4) is 5.69 Å². The SMILES string of the molecule is Cc1ccc(N2C(=S)N[C@H](c3ccccn3)[C@@H]2c2cccn2-c2ccc(Br)cc2)cc1. The highest BCUT2D eigenvalue weighted by Gasteiger charge is 2.42. The fourth-order valence-corrected chi connectivity index (χ4v) is 4.72. The van der Waals surface area contributed by atoms with Gasteiger partial charge in [0.1, 0.15) is 6.04 Å². The molecule has 1 saturated heterocycles. The van der Waals surface area contributed by atoms with Crippen molar-refractivity contribution in [2.75, 3.05) is 4.90 Å². The lowest BCUT2D eigenvalue weighted by atomic mass is 10.0. The number of anilines is 1. The van der Waals surface area contributed by atoms with Crippen LogP contribution in [-0.2, 0) is 0 Å². The van der Waals surface area contributed by atoms with Crippen LogP contribution in [-0.4, -0.2) is 14.7 Å². The molecule has 0 radical (unpaired) electrons. The van der Waals surface area contributed by atoms with Crippen molar-refractivity contribution in [2.24, 2.45) is 0 Å². The van der Waals surface area contributed by atoms with E-state index in [4.69, 9.17) is 12.2 Å². The minimum Gasteiger partial charge on any atom is -0.351 e. The Morgan fingerprint density at radius 3 is 2.35 bits per heavy atom. The van der Waals surface area contributed by atoms with Gasteiger partial charge in [-0.25, -0.2) is 0 Å². The molecule has 31 heavy (non-hydrogen) atoms.